The fourth-order valence-corrected chi connectivity index (χ4v) is 5.96. The van der Waals surface area contributed by atoms with Gasteiger partial charge in [0.05, 0.1) is 16.8 Å². The molecule has 1 aliphatic carbocycles. The topological polar surface area (TPSA) is 103 Å². The molecule has 1 aromatic heterocycles. The number of halogens is 1. The molecule has 198 valence electrons. The molecule has 3 heterocycles. The fourth-order valence-electron chi connectivity index (χ4n) is 5.96. The number of nitrogens with one attached hydrogen (secondary N) is 3. The van der Waals surface area contributed by atoms with Gasteiger partial charge in [-0.3, -0.25) is 9.59 Å². The van der Waals surface area contributed by atoms with Gasteiger partial charge in [-0.2, -0.15) is 0 Å². The predicted octanol–water partition coefficient (Wildman–Crippen LogP) is 3.90. The Morgan fingerprint density at radius 1 is 1.11 bits per heavy atom. The van der Waals surface area contributed by atoms with Crippen LogP contribution >= 0.6 is 0 Å². The molecule has 0 spiro atoms. The van der Waals surface area contributed by atoms with E-state index in [-0.39, 0.29) is 17.5 Å². The molecule has 0 radical (unpaired) electrons. The first-order valence-corrected chi connectivity index (χ1v) is 13.6. The molecule has 2 aliphatic heterocycles. The third-order valence-corrected chi connectivity index (χ3v) is 8.21. The second kappa shape index (κ2) is 10.8. The maximum Gasteiger partial charge on any atom is 0.259 e. The van der Waals surface area contributed by atoms with Crippen LogP contribution in [0.5, 0.6) is 0 Å². The van der Waals surface area contributed by atoms with E-state index < -0.39 is 11.7 Å². The highest BCUT2D eigenvalue weighted by Crippen LogP contribution is 2.41. The Bertz CT molecular complexity index is 1210. The minimum Gasteiger partial charge on any atom is -0.359 e. The van der Waals surface area contributed by atoms with E-state index >= 15 is 4.39 Å². The number of piperidine rings is 1. The summed E-state index contributed by atoms with van der Waals surface area (Å²) in [5, 5.41) is 6.25. The fraction of sp³-hybridized carbons (Fsp3) is 0.517. The van der Waals surface area contributed by atoms with Crippen LogP contribution < -0.4 is 21.3 Å². The average Bonchev–Trinajstić information content (AvgIpc) is 3.33. The summed E-state index contributed by atoms with van der Waals surface area (Å²) < 4.78 is 15.4. The van der Waals surface area contributed by atoms with Gasteiger partial charge < -0.3 is 26.3 Å². The number of benzene rings is 1. The highest BCUT2D eigenvalue weighted by Gasteiger charge is 2.36. The van der Waals surface area contributed by atoms with Crippen LogP contribution in [0, 0.1) is 31.5 Å². The number of aromatic amines is 1. The Labute approximate surface area is 218 Å². The molecule has 2 amide bonds. The first-order chi connectivity index (χ1) is 17.8. The van der Waals surface area contributed by atoms with Gasteiger partial charge in [0, 0.05) is 36.1 Å². The molecule has 0 bridgehead atoms. The molecule has 2 aromatic rings. The Kier molecular flexibility index (Phi) is 7.49. The van der Waals surface area contributed by atoms with Crippen molar-refractivity contribution >= 4 is 29.2 Å². The summed E-state index contributed by atoms with van der Waals surface area (Å²) in [6.07, 6.45) is 7.60. The molecule has 5 rings (SSSR count). The Morgan fingerprint density at radius 3 is 2.51 bits per heavy atom. The van der Waals surface area contributed by atoms with Crippen LogP contribution in [0.3, 0.4) is 0 Å². The summed E-state index contributed by atoms with van der Waals surface area (Å²) in [5.74, 6) is -0.468. The second-order valence-electron chi connectivity index (χ2n) is 11.1. The molecule has 3 aliphatic rings. The Morgan fingerprint density at radius 2 is 1.84 bits per heavy atom. The van der Waals surface area contributed by atoms with Gasteiger partial charge in [-0.15, -0.1) is 0 Å². The van der Waals surface area contributed by atoms with Crippen molar-refractivity contribution in [2.75, 3.05) is 31.1 Å². The van der Waals surface area contributed by atoms with E-state index in [2.05, 4.69) is 15.6 Å². The molecule has 8 heteroatoms. The van der Waals surface area contributed by atoms with Crippen LogP contribution in [-0.2, 0) is 4.79 Å². The molecule has 37 heavy (non-hydrogen) atoms. The number of nitrogens with two attached hydrogens (primary N) is 1. The predicted molar refractivity (Wildman–Crippen MR) is 145 cm³/mol. The average molecular weight is 508 g/mol. The summed E-state index contributed by atoms with van der Waals surface area (Å²) in [5.41, 5.74) is 10.5. The molecule has 0 atom stereocenters. The summed E-state index contributed by atoms with van der Waals surface area (Å²) in [6, 6.07) is 5.17. The van der Waals surface area contributed by atoms with Crippen LogP contribution in [0.2, 0.25) is 0 Å². The van der Waals surface area contributed by atoms with Crippen LogP contribution in [0.4, 0.5) is 10.1 Å². The van der Waals surface area contributed by atoms with E-state index in [0.29, 0.717) is 41.7 Å². The minimum atomic E-state index is -0.606. The first kappa shape index (κ1) is 25.7. The third kappa shape index (κ3) is 5.50. The summed E-state index contributed by atoms with van der Waals surface area (Å²) in [6.45, 7) is 6.89. The number of carbonyl (C=O) groups excluding carboxylic acids is 2. The van der Waals surface area contributed by atoms with E-state index in [4.69, 9.17) is 5.73 Å². The van der Waals surface area contributed by atoms with Crippen molar-refractivity contribution in [2.45, 2.75) is 58.4 Å². The number of H-pyrrole nitrogens is 1. The van der Waals surface area contributed by atoms with Gasteiger partial charge in [0.25, 0.3) is 11.8 Å². The molecular formula is C29H38FN5O2. The van der Waals surface area contributed by atoms with Gasteiger partial charge >= 0.3 is 0 Å². The Balaban J connectivity index is 1.46. The number of hydrogen-bond acceptors (Lipinski definition) is 4. The summed E-state index contributed by atoms with van der Waals surface area (Å²) >= 11 is 0. The van der Waals surface area contributed by atoms with Gasteiger partial charge in [0.2, 0.25) is 0 Å². The maximum absolute atomic E-state index is 15.4. The second-order valence-corrected chi connectivity index (χ2v) is 11.1. The quantitative estimate of drug-likeness (QED) is 0.445. The van der Waals surface area contributed by atoms with Crippen molar-refractivity contribution < 1.29 is 14.0 Å². The largest absolute Gasteiger partial charge is 0.359 e. The number of rotatable bonds is 6. The molecule has 1 saturated carbocycles. The highest BCUT2D eigenvalue weighted by molar-refractivity contribution is 6.36. The van der Waals surface area contributed by atoms with Crippen molar-refractivity contribution in [3.8, 4) is 0 Å². The van der Waals surface area contributed by atoms with E-state index in [1.807, 2.05) is 26.0 Å². The smallest absolute Gasteiger partial charge is 0.259 e. The number of carbonyl (C=O) groups is 2. The molecular weight excluding hydrogens is 469 g/mol. The van der Waals surface area contributed by atoms with Crippen molar-refractivity contribution in [2.24, 2.45) is 17.6 Å². The van der Waals surface area contributed by atoms with Crippen LogP contribution in [0.1, 0.15) is 71.4 Å². The van der Waals surface area contributed by atoms with E-state index in [9.17, 15) is 9.59 Å². The van der Waals surface area contributed by atoms with Crippen molar-refractivity contribution in [3.63, 3.8) is 0 Å². The Hall–Kier alpha value is -2.97. The number of aromatic nitrogens is 1. The SMILES string of the molecule is Cc1cc(C)c(/C=C2\C(=O)N(CC3CCC(N)CC3)c3cc(C(=O)NCC4CCNCC4)c(F)cc32)[nH]1. The molecule has 7 nitrogen and oxygen atoms in total. The van der Waals surface area contributed by atoms with Gasteiger partial charge in [-0.25, -0.2) is 4.39 Å². The van der Waals surface area contributed by atoms with Crippen LogP contribution in [0.25, 0.3) is 11.6 Å². The zero-order chi connectivity index (χ0) is 26.1. The summed E-state index contributed by atoms with van der Waals surface area (Å²) in [4.78, 5) is 31.8. The van der Waals surface area contributed by atoms with E-state index in [0.717, 1.165) is 68.6 Å². The normalized spacial score (nSPS) is 23.5. The maximum atomic E-state index is 15.4. The van der Waals surface area contributed by atoms with E-state index in [1.165, 1.54) is 6.07 Å². The first-order valence-electron chi connectivity index (χ1n) is 13.6. The van der Waals surface area contributed by atoms with Gasteiger partial charge in [0.15, 0.2) is 0 Å². The van der Waals surface area contributed by atoms with Gasteiger partial charge in [-0.1, -0.05) is 0 Å². The lowest BCUT2D eigenvalue weighted by Gasteiger charge is -2.30. The lowest BCUT2D eigenvalue weighted by molar-refractivity contribution is -0.113. The van der Waals surface area contributed by atoms with Crippen molar-refractivity contribution in [3.05, 3.63) is 52.1 Å². The molecule has 0 unspecified atom stereocenters. The van der Waals surface area contributed by atoms with Crippen LogP contribution in [0.15, 0.2) is 18.2 Å². The number of amides is 2. The molecule has 5 N–H and O–H groups in total. The number of aryl methyl sites for hydroxylation is 2. The minimum absolute atomic E-state index is 0.00991. The van der Waals surface area contributed by atoms with E-state index in [1.54, 1.807) is 11.0 Å². The lowest BCUT2D eigenvalue weighted by atomic mass is 9.86. The standard InChI is InChI=1S/C29H38FN5O2/c1-17-11-18(2)34-26(17)13-23-22-12-25(30)24(28(36)33-15-19-7-9-32-10-8-19)14-27(22)35(29(23)37)16-20-3-5-21(31)6-4-20/h11-14,19-21,32,34H,3-10,15-16,31H2,1-2H3,(H,33,36)/b23-13-. The molecule has 2 fully saturated rings. The highest BCUT2D eigenvalue weighted by atomic mass is 19.1. The lowest BCUT2D eigenvalue weighted by Crippen LogP contribution is -2.37. The number of nitrogens with zero attached hydrogens (tertiary/aromatic N) is 1. The number of fused-ring (bicyclic) bond motifs is 1. The zero-order valence-corrected chi connectivity index (χ0v) is 21.8. The van der Waals surface area contributed by atoms with Crippen molar-refractivity contribution in [1.82, 2.24) is 15.6 Å². The number of anilines is 1. The zero-order valence-electron chi connectivity index (χ0n) is 21.8. The van der Waals surface area contributed by atoms with Gasteiger partial charge in [0.1, 0.15) is 5.82 Å². The summed E-state index contributed by atoms with van der Waals surface area (Å²) in [7, 11) is 0. The molecule has 1 saturated heterocycles. The third-order valence-electron chi connectivity index (χ3n) is 8.21. The number of hydrogen-bond donors (Lipinski definition) is 4. The van der Waals surface area contributed by atoms with Gasteiger partial charge in [-0.05, 0) is 107 Å². The van der Waals surface area contributed by atoms with Crippen LogP contribution in [-0.4, -0.2) is 49.0 Å². The van der Waals surface area contributed by atoms with Crippen molar-refractivity contribution in [1.29, 1.82) is 0 Å². The monoisotopic (exact) mass is 507 g/mol. The molecule has 1 aromatic carbocycles.